The van der Waals surface area contributed by atoms with E-state index in [9.17, 15) is 4.79 Å². The molecule has 32 heavy (non-hydrogen) atoms. The molecule has 0 heterocycles. The van der Waals surface area contributed by atoms with Gasteiger partial charge in [-0.25, -0.2) is 0 Å². The Morgan fingerprint density at radius 1 is 1.00 bits per heavy atom. The van der Waals surface area contributed by atoms with Crippen molar-refractivity contribution in [1.82, 2.24) is 5.32 Å². The molecule has 0 atom stereocenters. The predicted octanol–water partition coefficient (Wildman–Crippen LogP) is 6.34. The van der Waals surface area contributed by atoms with E-state index in [2.05, 4.69) is 17.4 Å². The number of amides is 1. The van der Waals surface area contributed by atoms with Crippen molar-refractivity contribution in [2.24, 2.45) is 0 Å². The van der Waals surface area contributed by atoms with Crippen LogP contribution in [-0.4, -0.2) is 31.3 Å². The minimum Gasteiger partial charge on any atom is -0.497 e. The van der Waals surface area contributed by atoms with Gasteiger partial charge in [0.15, 0.2) is 0 Å². The van der Waals surface area contributed by atoms with Crippen LogP contribution in [-0.2, 0) is 16.0 Å². The van der Waals surface area contributed by atoms with Crippen molar-refractivity contribution in [2.45, 2.75) is 73.6 Å². The standard InChI is InChI=1S/C21H27NO4.3C2H6/c1-25-19-11-8-17(9-12-19)5-2-3-16-26-20-7-4-6-18(10-13-20)22-21(24)14-15-23;3*1-2/h4,7-13,23H,2-3,5-6,14-16H2,1H3,(H,22,24);3*1-2H3. The highest BCUT2D eigenvalue weighted by Crippen LogP contribution is 2.14. The number of carbonyl (C=O) groups excluding carboxylic acids is 1. The average molecular weight is 448 g/mol. The largest absolute Gasteiger partial charge is 0.497 e. The Labute approximate surface area is 196 Å². The number of benzene rings is 1. The van der Waals surface area contributed by atoms with E-state index in [0.29, 0.717) is 13.0 Å². The van der Waals surface area contributed by atoms with Gasteiger partial charge in [-0.2, -0.15) is 0 Å². The van der Waals surface area contributed by atoms with Crippen LogP contribution < -0.4 is 10.1 Å². The number of aryl methyl sites for hydroxylation is 1. The number of allylic oxidation sites excluding steroid dienone is 4. The van der Waals surface area contributed by atoms with Gasteiger partial charge in [-0.05, 0) is 55.2 Å². The molecule has 1 aromatic rings. The molecule has 0 radical (unpaired) electrons. The number of methoxy groups -OCH3 is 1. The van der Waals surface area contributed by atoms with E-state index < -0.39 is 0 Å². The molecule has 1 amide bonds. The molecule has 1 aromatic carbocycles. The zero-order valence-electron chi connectivity index (χ0n) is 21.2. The summed E-state index contributed by atoms with van der Waals surface area (Å²) in [4.78, 5) is 11.5. The lowest BCUT2D eigenvalue weighted by molar-refractivity contribution is -0.121. The molecule has 0 aromatic heterocycles. The third-order valence-corrected chi connectivity index (χ3v) is 4.00. The molecule has 0 saturated carbocycles. The van der Waals surface area contributed by atoms with E-state index in [-0.39, 0.29) is 18.9 Å². The van der Waals surface area contributed by atoms with Gasteiger partial charge in [0.25, 0.3) is 0 Å². The molecule has 5 heteroatoms. The molecule has 0 aliphatic heterocycles. The number of unbranched alkanes of at least 4 members (excludes halogenated alkanes) is 1. The van der Waals surface area contributed by atoms with Gasteiger partial charge in [-0.3, -0.25) is 4.79 Å². The van der Waals surface area contributed by atoms with Crippen LogP contribution in [0.1, 0.15) is 72.8 Å². The van der Waals surface area contributed by atoms with Gasteiger partial charge < -0.3 is 19.9 Å². The maximum absolute atomic E-state index is 11.5. The summed E-state index contributed by atoms with van der Waals surface area (Å²) in [5.41, 5.74) is 2.10. The fraction of sp³-hybridized carbons (Fsp3) is 0.519. The van der Waals surface area contributed by atoms with Gasteiger partial charge >= 0.3 is 0 Å². The Bertz CT molecular complexity index is 661. The molecule has 0 unspecified atom stereocenters. The summed E-state index contributed by atoms with van der Waals surface area (Å²) in [6.45, 7) is 12.5. The summed E-state index contributed by atoms with van der Waals surface area (Å²) < 4.78 is 11.0. The Morgan fingerprint density at radius 2 is 1.66 bits per heavy atom. The molecule has 1 aliphatic rings. The average Bonchev–Trinajstić information content (AvgIpc) is 3.08. The summed E-state index contributed by atoms with van der Waals surface area (Å²) in [6.07, 6.45) is 11.4. The first kappa shape index (κ1) is 31.7. The predicted molar refractivity (Wildman–Crippen MR) is 136 cm³/mol. The minimum absolute atomic E-state index is 0.113. The second kappa shape index (κ2) is 23.1. The zero-order chi connectivity index (χ0) is 24.6. The van der Waals surface area contributed by atoms with Gasteiger partial charge in [0.05, 0.1) is 26.7 Å². The second-order valence-corrected chi connectivity index (χ2v) is 6.04. The number of carbonyl (C=O) groups is 1. The molecule has 2 N–H and O–H groups in total. The van der Waals surface area contributed by atoms with Gasteiger partial charge in [0, 0.05) is 12.1 Å². The van der Waals surface area contributed by atoms with Crippen molar-refractivity contribution in [3.05, 3.63) is 65.6 Å². The second-order valence-electron chi connectivity index (χ2n) is 6.04. The first-order valence-corrected chi connectivity index (χ1v) is 11.9. The van der Waals surface area contributed by atoms with Crippen molar-refractivity contribution in [2.75, 3.05) is 20.3 Å². The highest BCUT2D eigenvalue weighted by Gasteiger charge is 2.05. The van der Waals surface area contributed by atoms with Crippen molar-refractivity contribution in [3.8, 4) is 5.75 Å². The third kappa shape index (κ3) is 15.3. The normalized spacial score (nSPS) is 11.5. The molecule has 5 nitrogen and oxygen atoms in total. The Balaban J connectivity index is 0. The molecular formula is C27H45NO4. The molecule has 0 bridgehead atoms. The summed E-state index contributed by atoms with van der Waals surface area (Å²) in [5.74, 6) is 1.49. The smallest absolute Gasteiger partial charge is 0.226 e. The number of aliphatic hydroxyl groups excluding tert-OH is 1. The first-order chi connectivity index (χ1) is 15.7. The quantitative estimate of drug-likeness (QED) is 0.411. The number of ether oxygens (including phenoxy) is 2. The molecule has 2 rings (SSSR count). The van der Waals surface area contributed by atoms with Crippen LogP contribution in [0.5, 0.6) is 5.75 Å². The van der Waals surface area contributed by atoms with Crippen molar-refractivity contribution < 1.29 is 19.4 Å². The summed E-state index contributed by atoms with van der Waals surface area (Å²) in [5, 5.41) is 11.6. The highest BCUT2D eigenvalue weighted by molar-refractivity contribution is 5.78. The molecule has 182 valence electrons. The Kier molecular flexibility index (Phi) is 22.9. The highest BCUT2D eigenvalue weighted by atomic mass is 16.5. The first-order valence-electron chi connectivity index (χ1n) is 11.9. The maximum atomic E-state index is 11.5. The number of hydrogen-bond acceptors (Lipinski definition) is 4. The number of nitrogens with one attached hydrogen (secondary N) is 1. The number of aliphatic hydroxyl groups is 1. The molecule has 0 saturated heterocycles. The molecule has 0 fully saturated rings. The van der Waals surface area contributed by atoms with Crippen molar-refractivity contribution in [3.63, 3.8) is 0 Å². The summed E-state index contributed by atoms with van der Waals surface area (Å²) in [6, 6.07) is 8.15. The fourth-order valence-corrected chi connectivity index (χ4v) is 2.55. The SMILES string of the molecule is CC.CC.CC.COc1ccc(CCCCOC2=CC=C(NC(=O)CCO)CC=C2)cc1. The van der Waals surface area contributed by atoms with E-state index in [1.807, 2.05) is 78.0 Å². The van der Waals surface area contributed by atoms with Crippen molar-refractivity contribution in [1.29, 1.82) is 0 Å². The lowest BCUT2D eigenvalue weighted by Gasteiger charge is -2.07. The number of rotatable bonds is 10. The van der Waals surface area contributed by atoms with E-state index in [1.54, 1.807) is 7.11 Å². The van der Waals surface area contributed by atoms with E-state index in [1.165, 1.54) is 5.56 Å². The van der Waals surface area contributed by atoms with Crippen LogP contribution in [0.2, 0.25) is 0 Å². The van der Waals surface area contributed by atoms with Gasteiger partial charge in [-0.1, -0.05) is 59.8 Å². The number of hydrogen-bond donors (Lipinski definition) is 2. The van der Waals surface area contributed by atoms with Gasteiger partial charge in [0.1, 0.15) is 11.5 Å². The van der Waals surface area contributed by atoms with Crippen LogP contribution in [0.3, 0.4) is 0 Å². The Morgan fingerprint density at radius 3 is 2.25 bits per heavy atom. The molecule has 1 aliphatic carbocycles. The maximum Gasteiger partial charge on any atom is 0.226 e. The third-order valence-electron chi connectivity index (χ3n) is 4.00. The van der Waals surface area contributed by atoms with Crippen LogP contribution in [0.4, 0.5) is 0 Å². The lowest BCUT2D eigenvalue weighted by Crippen LogP contribution is -2.23. The summed E-state index contributed by atoms with van der Waals surface area (Å²) >= 11 is 0. The molecular weight excluding hydrogens is 402 g/mol. The molecule has 0 spiro atoms. The summed E-state index contributed by atoms with van der Waals surface area (Å²) in [7, 11) is 1.67. The van der Waals surface area contributed by atoms with E-state index in [4.69, 9.17) is 14.6 Å². The lowest BCUT2D eigenvalue weighted by atomic mass is 10.1. The van der Waals surface area contributed by atoms with Gasteiger partial charge in [-0.15, -0.1) is 0 Å². The monoisotopic (exact) mass is 447 g/mol. The van der Waals surface area contributed by atoms with Crippen molar-refractivity contribution >= 4 is 5.91 Å². The van der Waals surface area contributed by atoms with Crippen LogP contribution >= 0.6 is 0 Å². The van der Waals surface area contributed by atoms with E-state index >= 15 is 0 Å². The van der Waals surface area contributed by atoms with Gasteiger partial charge in [0.2, 0.25) is 5.91 Å². The Hall–Kier alpha value is -2.53. The topological polar surface area (TPSA) is 67.8 Å². The van der Waals surface area contributed by atoms with E-state index in [0.717, 1.165) is 36.5 Å². The minimum atomic E-state index is -0.177. The van der Waals surface area contributed by atoms with Crippen LogP contribution in [0, 0.1) is 0 Å². The van der Waals surface area contributed by atoms with Crippen LogP contribution in [0.15, 0.2) is 60.0 Å². The van der Waals surface area contributed by atoms with Crippen LogP contribution in [0.25, 0.3) is 0 Å². The zero-order valence-corrected chi connectivity index (χ0v) is 21.2. The fourth-order valence-electron chi connectivity index (χ4n) is 2.55.